The van der Waals surface area contributed by atoms with Crippen molar-refractivity contribution in [3.63, 3.8) is 0 Å². The van der Waals surface area contributed by atoms with Crippen molar-refractivity contribution in [3.05, 3.63) is 71.8 Å². The maximum absolute atomic E-state index is 13.1. The molecule has 6 heteroatoms. The zero-order valence-corrected chi connectivity index (χ0v) is 19.6. The highest BCUT2D eigenvalue weighted by atomic mass is 16.6. The second-order valence-electron chi connectivity index (χ2n) is 8.61. The summed E-state index contributed by atoms with van der Waals surface area (Å²) in [6.45, 7) is 5.92. The van der Waals surface area contributed by atoms with Gasteiger partial charge in [-0.2, -0.15) is 0 Å². The van der Waals surface area contributed by atoms with Crippen LogP contribution in [0.3, 0.4) is 0 Å². The van der Waals surface area contributed by atoms with Crippen molar-refractivity contribution in [2.24, 2.45) is 5.16 Å². The lowest BCUT2D eigenvalue weighted by Gasteiger charge is -2.43. The lowest BCUT2D eigenvalue weighted by molar-refractivity contribution is -0.119. The van der Waals surface area contributed by atoms with Crippen LogP contribution in [0, 0.1) is 0 Å². The van der Waals surface area contributed by atoms with Gasteiger partial charge in [0, 0.05) is 17.8 Å². The van der Waals surface area contributed by atoms with Gasteiger partial charge in [0.1, 0.15) is 12.4 Å². The number of anilines is 1. The molecule has 1 atom stereocenters. The number of hydrogen-bond acceptors (Lipinski definition) is 5. The summed E-state index contributed by atoms with van der Waals surface area (Å²) in [5, 5.41) is 4.25. The fourth-order valence-corrected chi connectivity index (χ4v) is 4.49. The highest BCUT2D eigenvalue weighted by Gasteiger charge is 2.43. The molecule has 2 fully saturated rings. The number of methoxy groups -OCH3 is 1. The fraction of sp³-hybridized carbons (Fsp3) is 0.407. The van der Waals surface area contributed by atoms with Gasteiger partial charge >= 0.3 is 0 Å². The molecule has 2 aliphatic heterocycles. The average molecular weight is 448 g/mol. The fourth-order valence-electron chi connectivity index (χ4n) is 4.49. The minimum atomic E-state index is -0.156. The van der Waals surface area contributed by atoms with Crippen LogP contribution in [-0.2, 0) is 9.63 Å². The predicted octanol–water partition coefficient (Wildman–Crippen LogP) is 4.98. The Hall–Kier alpha value is -3.12. The second-order valence-corrected chi connectivity index (χ2v) is 8.61. The highest BCUT2D eigenvalue weighted by Crippen LogP contribution is 2.43. The van der Waals surface area contributed by atoms with Gasteiger partial charge in [0.15, 0.2) is 0 Å². The second kappa shape index (κ2) is 11.1. The zero-order valence-electron chi connectivity index (χ0n) is 19.6. The summed E-state index contributed by atoms with van der Waals surface area (Å²) >= 11 is 0. The Morgan fingerprint density at radius 3 is 2.48 bits per heavy atom. The van der Waals surface area contributed by atoms with Crippen LogP contribution in [0.25, 0.3) is 0 Å². The maximum Gasteiger partial charge on any atom is 0.257 e. The van der Waals surface area contributed by atoms with Gasteiger partial charge in [-0.25, -0.2) is 0 Å². The number of amides is 1. The van der Waals surface area contributed by atoms with E-state index in [1.54, 1.807) is 7.11 Å². The van der Waals surface area contributed by atoms with Crippen molar-refractivity contribution in [3.8, 4) is 5.75 Å². The number of hydrogen-bond donors (Lipinski definition) is 0. The van der Waals surface area contributed by atoms with Gasteiger partial charge in [0.05, 0.1) is 18.9 Å². The number of carbonyl (C=O) groups excluding carboxylic acids is 1. The van der Waals surface area contributed by atoms with Crippen LogP contribution in [-0.4, -0.2) is 49.9 Å². The number of likely N-dealkylation sites (tertiary alicyclic amines) is 1. The number of rotatable bonds is 9. The van der Waals surface area contributed by atoms with E-state index in [0.29, 0.717) is 12.3 Å². The first-order chi connectivity index (χ1) is 16.2. The first kappa shape index (κ1) is 23.1. The van der Waals surface area contributed by atoms with Gasteiger partial charge in [-0.15, -0.1) is 0 Å². The van der Waals surface area contributed by atoms with E-state index in [4.69, 9.17) is 9.57 Å². The average Bonchev–Trinajstić information content (AvgIpc) is 2.86. The van der Waals surface area contributed by atoms with Crippen LogP contribution in [0.4, 0.5) is 5.69 Å². The first-order valence-corrected chi connectivity index (χ1v) is 11.8. The molecule has 2 aliphatic rings. The SMILES string of the molecule is COc1ccc(N2C(=O)C(=CC(C)=NOCCCN3CCCCC3)C2c2ccccc2)cc1. The largest absolute Gasteiger partial charge is 0.497 e. The molecule has 0 aliphatic carbocycles. The van der Waals surface area contributed by atoms with Gasteiger partial charge in [0.2, 0.25) is 0 Å². The molecule has 1 amide bonds. The number of allylic oxidation sites excluding steroid dienone is 1. The summed E-state index contributed by atoms with van der Waals surface area (Å²) in [4.78, 5) is 23.0. The van der Waals surface area contributed by atoms with Gasteiger partial charge in [0.25, 0.3) is 5.91 Å². The highest BCUT2D eigenvalue weighted by molar-refractivity contribution is 6.18. The quantitative estimate of drug-likeness (QED) is 0.179. The van der Waals surface area contributed by atoms with Crippen LogP contribution in [0.1, 0.15) is 44.2 Å². The monoisotopic (exact) mass is 447 g/mol. The molecule has 0 bridgehead atoms. The Morgan fingerprint density at radius 1 is 1.06 bits per heavy atom. The number of carbonyl (C=O) groups is 1. The Kier molecular flexibility index (Phi) is 7.79. The van der Waals surface area contributed by atoms with Crippen LogP contribution in [0.2, 0.25) is 0 Å². The van der Waals surface area contributed by atoms with Crippen LogP contribution >= 0.6 is 0 Å². The molecule has 0 N–H and O–H groups in total. The minimum Gasteiger partial charge on any atom is -0.497 e. The summed E-state index contributed by atoms with van der Waals surface area (Å²) in [6.07, 6.45) is 6.77. The smallest absolute Gasteiger partial charge is 0.257 e. The summed E-state index contributed by atoms with van der Waals surface area (Å²) in [6, 6.07) is 17.5. The third-order valence-corrected chi connectivity index (χ3v) is 6.22. The summed E-state index contributed by atoms with van der Waals surface area (Å²) in [5.41, 5.74) is 3.33. The Labute approximate surface area is 196 Å². The third-order valence-electron chi connectivity index (χ3n) is 6.22. The molecule has 2 heterocycles. The molecule has 4 rings (SSSR count). The number of piperidine rings is 1. The number of oxime groups is 1. The molecule has 1 unspecified atom stereocenters. The summed E-state index contributed by atoms with van der Waals surface area (Å²) in [7, 11) is 1.63. The Morgan fingerprint density at radius 2 is 1.79 bits per heavy atom. The van der Waals surface area contributed by atoms with E-state index in [0.717, 1.165) is 35.5 Å². The maximum atomic E-state index is 13.1. The summed E-state index contributed by atoms with van der Waals surface area (Å²) in [5.74, 6) is 0.743. The standard InChI is InChI=1S/C27H33N3O3/c1-21(28-33-19-9-18-29-16-7-4-8-17-29)20-25-26(22-10-5-3-6-11-22)30(27(25)31)23-12-14-24(32-2)15-13-23/h3,5-6,10-15,20,26H,4,7-9,16-19H2,1-2H3. The van der Waals surface area contributed by atoms with E-state index in [-0.39, 0.29) is 11.9 Å². The molecular formula is C27H33N3O3. The lowest BCUT2D eigenvalue weighted by atomic mass is 9.86. The Bertz CT molecular complexity index is 979. The molecule has 2 aromatic rings. The van der Waals surface area contributed by atoms with Gasteiger partial charge < -0.3 is 14.5 Å². The molecule has 0 spiro atoms. The molecule has 33 heavy (non-hydrogen) atoms. The number of β-lactam (4-membered cyclic amide) rings is 1. The lowest BCUT2D eigenvalue weighted by Crippen LogP contribution is -2.49. The van der Waals surface area contributed by atoms with Crippen molar-refractivity contribution in [2.45, 2.75) is 38.6 Å². The van der Waals surface area contributed by atoms with Gasteiger partial charge in [-0.05, 0) is 75.2 Å². The molecule has 6 nitrogen and oxygen atoms in total. The first-order valence-electron chi connectivity index (χ1n) is 11.8. The number of ether oxygens (including phenoxy) is 1. The van der Waals surface area contributed by atoms with Crippen molar-refractivity contribution in [1.29, 1.82) is 0 Å². The van der Waals surface area contributed by atoms with E-state index in [9.17, 15) is 4.79 Å². The molecular weight excluding hydrogens is 414 g/mol. The molecule has 0 saturated carbocycles. The molecule has 0 aromatic heterocycles. The van der Waals surface area contributed by atoms with Crippen molar-refractivity contribution in [2.75, 3.05) is 38.3 Å². The van der Waals surface area contributed by atoms with Gasteiger partial charge in [-0.1, -0.05) is 41.9 Å². The van der Waals surface area contributed by atoms with Gasteiger partial charge in [-0.3, -0.25) is 9.69 Å². The van der Waals surface area contributed by atoms with Crippen LogP contribution in [0.5, 0.6) is 5.75 Å². The topological polar surface area (TPSA) is 54.4 Å². The van der Waals surface area contributed by atoms with Crippen LogP contribution < -0.4 is 9.64 Å². The van der Waals surface area contributed by atoms with Crippen molar-refractivity contribution in [1.82, 2.24) is 4.90 Å². The number of benzene rings is 2. The van der Waals surface area contributed by atoms with E-state index >= 15 is 0 Å². The Balaban J connectivity index is 1.42. The molecule has 2 saturated heterocycles. The molecule has 2 aromatic carbocycles. The molecule has 0 radical (unpaired) electrons. The van der Waals surface area contributed by atoms with E-state index in [2.05, 4.69) is 10.1 Å². The predicted molar refractivity (Wildman–Crippen MR) is 132 cm³/mol. The van der Waals surface area contributed by atoms with E-state index in [1.807, 2.05) is 72.5 Å². The van der Waals surface area contributed by atoms with E-state index in [1.165, 1.54) is 32.4 Å². The number of nitrogens with zero attached hydrogens (tertiary/aromatic N) is 3. The third kappa shape index (κ3) is 5.63. The molecule has 174 valence electrons. The van der Waals surface area contributed by atoms with Crippen molar-refractivity contribution < 1.29 is 14.4 Å². The van der Waals surface area contributed by atoms with Crippen molar-refractivity contribution >= 4 is 17.3 Å². The minimum absolute atomic E-state index is 0.0198. The van der Waals surface area contributed by atoms with Crippen LogP contribution in [0.15, 0.2) is 71.4 Å². The zero-order chi connectivity index (χ0) is 23.0. The summed E-state index contributed by atoms with van der Waals surface area (Å²) < 4.78 is 5.25. The normalized spacial score (nSPS) is 20.6. The van der Waals surface area contributed by atoms with E-state index < -0.39 is 0 Å².